The monoisotopic (exact) mass is 391 g/mol. The number of rotatable bonds is 3. The smallest absolute Gasteiger partial charge is 0.251 e. The summed E-state index contributed by atoms with van der Waals surface area (Å²) in [6, 6.07) is 5.43. The lowest BCUT2D eigenvalue weighted by Gasteiger charge is -2.17. The summed E-state index contributed by atoms with van der Waals surface area (Å²) in [6.45, 7) is 4.66. The van der Waals surface area contributed by atoms with E-state index in [1.54, 1.807) is 12.1 Å². The Morgan fingerprint density at radius 2 is 2.00 bits per heavy atom. The fourth-order valence-electron chi connectivity index (χ4n) is 1.86. The zero-order valence-corrected chi connectivity index (χ0v) is 13.9. The van der Waals surface area contributed by atoms with Crippen LogP contribution in [0.1, 0.15) is 24.2 Å². The van der Waals surface area contributed by atoms with Crippen LogP contribution in [0.5, 0.6) is 0 Å². The maximum absolute atomic E-state index is 12.0. The number of hydrogen-bond acceptors (Lipinski definition) is 3. The topological polar surface area (TPSA) is 47.6 Å². The Labute approximate surface area is 129 Å². The number of nitrogens with one attached hydrogen (secondary N) is 1. The van der Waals surface area contributed by atoms with Crippen molar-refractivity contribution >= 4 is 37.8 Å². The fraction of sp³-hybridized carbons (Fsp3) is 0.462. The van der Waals surface area contributed by atoms with E-state index in [0.29, 0.717) is 18.7 Å². The molecular weight excluding hydrogens is 378 g/mol. The van der Waals surface area contributed by atoms with Gasteiger partial charge in [-0.05, 0) is 32.0 Å². The third-order valence-electron chi connectivity index (χ3n) is 2.68. The summed E-state index contributed by atoms with van der Waals surface area (Å²) in [5.41, 5.74) is 0.597. The molecule has 0 spiro atoms. The molecule has 1 N–H and O–H groups in total. The Balaban J connectivity index is 1.91. The molecule has 0 bridgehead atoms. The molecule has 1 aromatic rings. The molecule has 6 heteroatoms. The fourth-order valence-corrected chi connectivity index (χ4v) is 3.15. The largest absolute Gasteiger partial charge is 0.349 e. The van der Waals surface area contributed by atoms with Gasteiger partial charge in [0.15, 0.2) is 5.79 Å². The van der Waals surface area contributed by atoms with Gasteiger partial charge >= 0.3 is 0 Å². The van der Waals surface area contributed by atoms with Gasteiger partial charge in [0, 0.05) is 21.1 Å². The van der Waals surface area contributed by atoms with Crippen LogP contribution in [0.15, 0.2) is 27.1 Å². The molecule has 0 aliphatic carbocycles. The van der Waals surface area contributed by atoms with Gasteiger partial charge in [0.05, 0.1) is 6.61 Å². The van der Waals surface area contributed by atoms with E-state index in [2.05, 4.69) is 37.2 Å². The van der Waals surface area contributed by atoms with E-state index < -0.39 is 5.79 Å². The van der Waals surface area contributed by atoms with Gasteiger partial charge < -0.3 is 14.8 Å². The second-order valence-corrected chi connectivity index (χ2v) is 6.65. The molecule has 4 nitrogen and oxygen atoms in total. The first-order valence-corrected chi connectivity index (χ1v) is 7.50. The van der Waals surface area contributed by atoms with Gasteiger partial charge in [-0.3, -0.25) is 4.79 Å². The van der Waals surface area contributed by atoms with Gasteiger partial charge in [-0.1, -0.05) is 31.9 Å². The molecule has 19 heavy (non-hydrogen) atoms. The summed E-state index contributed by atoms with van der Waals surface area (Å²) >= 11 is 6.72. The third kappa shape index (κ3) is 4.27. The summed E-state index contributed by atoms with van der Waals surface area (Å²) < 4.78 is 12.8. The van der Waals surface area contributed by atoms with Crippen molar-refractivity contribution in [2.45, 2.75) is 25.7 Å². The predicted octanol–water partition coefficient (Wildman–Crippen LogP) is 3.09. The maximum Gasteiger partial charge on any atom is 0.251 e. The molecule has 1 aromatic carbocycles. The second-order valence-electron chi connectivity index (χ2n) is 4.82. The standard InChI is InChI=1S/C13H15Br2NO3/c1-13(2)18-7-11(19-13)6-16-12(17)8-3-9(14)5-10(15)4-8/h3-5,11H,6-7H2,1-2H3,(H,16,17). The highest BCUT2D eigenvalue weighted by molar-refractivity contribution is 9.11. The summed E-state index contributed by atoms with van der Waals surface area (Å²) in [5.74, 6) is -0.691. The number of ether oxygens (including phenoxy) is 2. The molecule has 1 saturated heterocycles. The molecule has 0 saturated carbocycles. The van der Waals surface area contributed by atoms with Gasteiger partial charge in [-0.25, -0.2) is 0 Å². The quantitative estimate of drug-likeness (QED) is 0.859. The first-order chi connectivity index (χ1) is 8.85. The highest BCUT2D eigenvalue weighted by Gasteiger charge is 2.32. The molecule has 0 radical (unpaired) electrons. The molecule has 1 aliphatic rings. The molecule has 1 heterocycles. The number of amides is 1. The zero-order chi connectivity index (χ0) is 14.0. The Hall–Kier alpha value is -0.430. The van der Waals surface area contributed by atoms with Crippen molar-refractivity contribution in [3.63, 3.8) is 0 Å². The molecule has 0 aromatic heterocycles. The summed E-state index contributed by atoms with van der Waals surface area (Å²) in [7, 11) is 0. The normalized spacial score (nSPS) is 21.4. The molecule has 1 amide bonds. The van der Waals surface area contributed by atoms with Crippen LogP contribution in [0, 0.1) is 0 Å². The molecular formula is C13H15Br2NO3. The Bertz CT molecular complexity index is 471. The Morgan fingerprint density at radius 1 is 1.37 bits per heavy atom. The Kier molecular flexibility index (Phi) is 4.66. The van der Waals surface area contributed by atoms with E-state index in [9.17, 15) is 4.79 Å². The van der Waals surface area contributed by atoms with Crippen LogP contribution < -0.4 is 5.32 Å². The summed E-state index contributed by atoms with van der Waals surface area (Å²) in [4.78, 5) is 12.0. The van der Waals surface area contributed by atoms with Crippen molar-refractivity contribution in [1.82, 2.24) is 5.32 Å². The molecule has 1 fully saturated rings. The lowest BCUT2D eigenvalue weighted by atomic mass is 10.2. The van der Waals surface area contributed by atoms with Gasteiger partial charge in [-0.15, -0.1) is 0 Å². The van der Waals surface area contributed by atoms with Gasteiger partial charge in [0.2, 0.25) is 0 Å². The van der Waals surface area contributed by atoms with Crippen LogP contribution in [0.3, 0.4) is 0 Å². The molecule has 2 rings (SSSR count). The lowest BCUT2D eigenvalue weighted by molar-refractivity contribution is -0.137. The van der Waals surface area contributed by atoms with Crippen molar-refractivity contribution < 1.29 is 14.3 Å². The van der Waals surface area contributed by atoms with E-state index >= 15 is 0 Å². The van der Waals surface area contributed by atoms with E-state index in [-0.39, 0.29) is 12.0 Å². The minimum Gasteiger partial charge on any atom is -0.349 e. The average molecular weight is 393 g/mol. The molecule has 1 unspecified atom stereocenters. The first kappa shape index (κ1) is 15.0. The second kappa shape index (κ2) is 5.91. The minimum atomic E-state index is -0.561. The third-order valence-corrected chi connectivity index (χ3v) is 3.60. The number of hydrogen-bond donors (Lipinski definition) is 1. The van der Waals surface area contributed by atoms with Crippen LogP contribution >= 0.6 is 31.9 Å². The van der Waals surface area contributed by atoms with E-state index in [4.69, 9.17) is 9.47 Å². The van der Waals surface area contributed by atoms with Crippen LogP contribution in [0.4, 0.5) is 0 Å². The van der Waals surface area contributed by atoms with Crippen molar-refractivity contribution in [3.05, 3.63) is 32.7 Å². The number of halogens is 2. The van der Waals surface area contributed by atoms with Gasteiger partial charge in [0.1, 0.15) is 6.10 Å². The number of carbonyl (C=O) groups excluding carboxylic acids is 1. The SMILES string of the molecule is CC1(C)OCC(CNC(=O)c2cc(Br)cc(Br)c2)O1. The first-order valence-electron chi connectivity index (χ1n) is 5.92. The summed E-state index contributed by atoms with van der Waals surface area (Å²) in [6.07, 6.45) is -0.102. The van der Waals surface area contributed by atoms with Gasteiger partial charge in [0.25, 0.3) is 5.91 Å². The minimum absolute atomic E-state index is 0.102. The maximum atomic E-state index is 12.0. The lowest BCUT2D eigenvalue weighted by Crippen LogP contribution is -2.34. The van der Waals surface area contributed by atoms with E-state index in [1.807, 2.05) is 19.9 Å². The van der Waals surface area contributed by atoms with Crippen LogP contribution in [-0.2, 0) is 9.47 Å². The Morgan fingerprint density at radius 3 is 2.53 bits per heavy atom. The molecule has 1 atom stereocenters. The zero-order valence-electron chi connectivity index (χ0n) is 10.7. The predicted molar refractivity (Wildman–Crippen MR) is 79.1 cm³/mol. The van der Waals surface area contributed by atoms with Crippen molar-refractivity contribution in [2.24, 2.45) is 0 Å². The van der Waals surface area contributed by atoms with Crippen LogP contribution in [0.25, 0.3) is 0 Å². The van der Waals surface area contributed by atoms with E-state index in [0.717, 1.165) is 8.95 Å². The van der Waals surface area contributed by atoms with E-state index in [1.165, 1.54) is 0 Å². The average Bonchev–Trinajstić information content (AvgIpc) is 2.64. The van der Waals surface area contributed by atoms with Crippen LogP contribution in [0.2, 0.25) is 0 Å². The highest BCUT2D eigenvalue weighted by atomic mass is 79.9. The molecule has 1 aliphatic heterocycles. The molecule has 104 valence electrons. The van der Waals surface area contributed by atoms with Crippen molar-refractivity contribution in [2.75, 3.05) is 13.2 Å². The number of carbonyl (C=O) groups is 1. The van der Waals surface area contributed by atoms with Crippen molar-refractivity contribution in [3.8, 4) is 0 Å². The highest BCUT2D eigenvalue weighted by Crippen LogP contribution is 2.22. The summed E-state index contributed by atoms with van der Waals surface area (Å²) in [5, 5.41) is 2.85. The van der Waals surface area contributed by atoms with Crippen molar-refractivity contribution in [1.29, 1.82) is 0 Å². The number of benzene rings is 1. The van der Waals surface area contributed by atoms with Crippen LogP contribution in [-0.4, -0.2) is 30.9 Å². The van der Waals surface area contributed by atoms with Gasteiger partial charge in [-0.2, -0.15) is 0 Å².